The van der Waals surface area contributed by atoms with Crippen LogP contribution in [-0.2, 0) is 32.9 Å². The number of hydrogen-bond donors (Lipinski definition) is 0. The first-order chi connectivity index (χ1) is 14.8. The van der Waals surface area contributed by atoms with Crippen molar-refractivity contribution >= 4 is 5.97 Å². The standard InChI is InChI=1S/C23H26F4N2O3/c1-22(2,3)21-28-7-11(8-29-21)14-15(23(14,4)5)20(30)32-10-13-18(26)16(24)12(9-31-6)17(25)19(13)27/h7-8,14-15H,9-10H2,1-6H3/t14-,15+/m0/s1. The van der Waals surface area contributed by atoms with Crippen LogP contribution < -0.4 is 0 Å². The molecule has 32 heavy (non-hydrogen) atoms. The molecule has 0 saturated heterocycles. The number of hydrogen-bond acceptors (Lipinski definition) is 5. The predicted molar refractivity (Wildman–Crippen MR) is 108 cm³/mol. The minimum absolute atomic E-state index is 0.229. The summed E-state index contributed by atoms with van der Waals surface area (Å²) in [5.74, 6) is -7.29. The molecule has 1 heterocycles. The summed E-state index contributed by atoms with van der Waals surface area (Å²) in [6.07, 6.45) is 3.32. The molecule has 0 spiro atoms. The summed E-state index contributed by atoms with van der Waals surface area (Å²) in [4.78, 5) is 21.4. The Balaban J connectivity index is 1.76. The van der Waals surface area contributed by atoms with Crippen LogP contribution in [0, 0.1) is 34.6 Å². The second kappa shape index (κ2) is 8.42. The van der Waals surface area contributed by atoms with E-state index in [9.17, 15) is 22.4 Å². The summed E-state index contributed by atoms with van der Waals surface area (Å²) in [6, 6.07) is 0. The largest absolute Gasteiger partial charge is 0.460 e. The van der Waals surface area contributed by atoms with Crippen molar-refractivity contribution < 1.29 is 31.8 Å². The second-order valence-corrected chi connectivity index (χ2v) is 9.62. The van der Waals surface area contributed by atoms with Crippen LogP contribution in [0.4, 0.5) is 17.6 Å². The third-order valence-corrected chi connectivity index (χ3v) is 5.88. The summed E-state index contributed by atoms with van der Waals surface area (Å²) in [6.45, 7) is 8.07. The minimum atomic E-state index is -1.61. The molecule has 0 amide bonds. The molecule has 0 aliphatic heterocycles. The van der Waals surface area contributed by atoms with Crippen molar-refractivity contribution in [2.45, 2.75) is 59.2 Å². The topological polar surface area (TPSA) is 61.3 Å². The number of halogens is 4. The maximum atomic E-state index is 14.3. The molecule has 5 nitrogen and oxygen atoms in total. The average Bonchev–Trinajstić information content (AvgIpc) is 3.31. The van der Waals surface area contributed by atoms with E-state index in [4.69, 9.17) is 4.74 Å². The van der Waals surface area contributed by atoms with E-state index in [-0.39, 0.29) is 11.3 Å². The molecule has 1 aromatic heterocycles. The highest BCUT2D eigenvalue weighted by Gasteiger charge is 2.63. The van der Waals surface area contributed by atoms with Gasteiger partial charge < -0.3 is 9.47 Å². The zero-order valence-electron chi connectivity index (χ0n) is 18.9. The number of esters is 1. The Kier molecular flexibility index (Phi) is 6.34. The highest BCUT2D eigenvalue weighted by Crippen LogP contribution is 2.64. The van der Waals surface area contributed by atoms with Crippen molar-refractivity contribution in [3.63, 3.8) is 0 Å². The molecule has 2 aromatic rings. The van der Waals surface area contributed by atoms with Crippen LogP contribution in [0.3, 0.4) is 0 Å². The summed E-state index contributed by atoms with van der Waals surface area (Å²) in [7, 11) is 1.14. The fraction of sp³-hybridized carbons (Fsp3) is 0.522. The highest BCUT2D eigenvalue weighted by atomic mass is 19.2. The molecule has 0 radical (unpaired) electrons. The summed E-state index contributed by atoms with van der Waals surface area (Å²) < 4.78 is 66.4. The number of aromatic nitrogens is 2. The van der Waals surface area contributed by atoms with E-state index in [0.717, 1.165) is 12.7 Å². The lowest BCUT2D eigenvalue weighted by Crippen LogP contribution is -2.16. The van der Waals surface area contributed by atoms with Gasteiger partial charge in [0.15, 0.2) is 23.3 Å². The van der Waals surface area contributed by atoms with Crippen molar-refractivity contribution in [2.24, 2.45) is 11.3 Å². The molecule has 1 fully saturated rings. The maximum absolute atomic E-state index is 14.3. The molecule has 1 aromatic carbocycles. The Bertz CT molecular complexity index is 1000. The van der Waals surface area contributed by atoms with Gasteiger partial charge in [-0.05, 0) is 11.0 Å². The first-order valence-electron chi connectivity index (χ1n) is 10.1. The smallest absolute Gasteiger partial charge is 0.310 e. The number of ether oxygens (including phenoxy) is 2. The van der Waals surface area contributed by atoms with Gasteiger partial charge in [-0.25, -0.2) is 27.5 Å². The number of benzene rings is 1. The summed E-state index contributed by atoms with van der Waals surface area (Å²) in [5.41, 5.74) is -1.84. The number of carbonyl (C=O) groups is 1. The molecule has 2 atom stereocenters. The van der Waals surface area contributed by atoms with Gasteiger partial charge in [-0.15, -0.1) is 0 Å². The highest BCUT2D eigenvalue weighted by molar-refractivity contribution is 5.79. The van der Waals surface area contributed by atoms with Gasteiger partial charge in [0.25, 0.3) is 0 Å². The summed E-state index contributed by atoms with van der Waals surface area (Å²) >= 11 is 0. The Morgan fingerprint density at radius 3 is 1.88 bits per heavy atom. The molecule has 0 bridgehead atoms. The van der Waals surface area contributed by atoms with E-state index in [1.807, 2.05) is 34.6 Å². The average molecular weight is 454 g/mol. The van der Waals surface area contributed by atoms with Crippen LogP contribution in [0.5, 0.6) is 0 Å². The van der Waals surface area contributed by atoms with E-state index < -0.39 is 64.9 Å². The fourth-order valence-electron chi connectivity index (χ4n) is 3.94. The molecule has 1 aliphatic rings. The van der Waals surface area contributed by atoms with Crippen molar-refractivity contribution in [1.29, 1.82) is 0 Å². The first-order valence-corrected chi connectivity index (χ1v) is 10.1. The quantitative estimate of drug-likeness (QED) is 0.351. The van der Waals surface area contributed by atoms with Gasteiger partial charge in [0.2, 0.25) is 0 Å². The van der Waals surface area contributed by atoms with Crippen LogP contribution in [0.2, 0.25) is 0 Å². The van der Waals surface area contributed by atoms with E-state index in [1.165, 1.54) is 0 Å². The molecular weight excluding hydrogens is 428 g/mol. The van der Waals surface area contributed by atoms with Gasteiger partial charge in [0.1, 0.15) is 12.4 Å². The minimum Gasteiger partial charge on any atom is -0.460 e. The molecule has 3 rings (SSSR count). The number of nitrogens with zero attached hydrogens (tertiary/aromatic N) is 2. The van der Waals surface area contributed by atoms with Crippen LogP contribution in [0.1, 0.15) is 63.1 Å². The van der Waals surface area contributed by atoms with E-state index in [0.29, 0.717) is 5.82 Å². The van der Waals surface area contributed by atoms with Gasteiger partial charge in [0, 0.05) is 30.8 Å². The SMILES string of the molecule is COCc1c(F)c(F)c(COC(=O)[C@H]2[C@H](c3cnc(C(C)(C)C)nc3)C2(C)C)c(F)c1F. The molecule has 9 heteroatoms. The van der Waals surface area contributed by atoms with Crippen molar-refractivity contribution in [3.05, 3.63) is 58.2 Å². The van der Waals surface area contributed by atoms with E-state index in [1.54, 1.807) is 12.4 Å². The predicted octanol–water partition coefficient (Wildman–Crippen LogP) is 4.96. The third-order valence-electron chi connectivity index (χ3n) is 5.88. The number of methoxy groups -OCH3 is 1. The maximum Gasteiger partial charge on any atom is 0.310 e. The van der Waals surface area contributed by atoms with Gasteiger partial charge in [-0.1, -0.05) is 34.6 Å². The van der Waals surface area contributed by atoms with Crippen molar-refractivity contribution in [2.75, 3.05) is 7.11 Å². The molecule has 0 unspecified atom stereocenters. The first kappa shape index (κ1) is 24.1. The molecule has 0 N–H and O–H groups in total. The molecule has 1 aliphatic carbocycles. The Hall–Kier alpha value is -2.55. The number of rotatable bonds is 6. The van der Waals surface area contributed by atoms with E-state index in [2.05, 4.69) is 14.7 Å². The van der Waals surface area contributed by atoms with Crippen LogP contribution in [0.15, 0.2) is 12.4 Å². The molecular formula is C23H26F4N2O3. The third kappa shape index (κ3) is 4.22. The second-order valence-electron chi connectivity index (χ2n) is 9.62. The zero-order valence-corrected chi connectivity index (χ0v) is 18.9. The van der Waals surface area contributed by atoms with Crippen LogP contribution >= 0.6 is 0 Å². The van der Waals surface area contributed by atoms with Crippen LogP contribution in [-0.4, -0.2) is 23.0 Å². The normalized spacial score (nSPS) is 19.7. The van der Waals surface area contributed by atoms with Gasteiger partial charge >= 0.3 is 5.97 Å². The van der Waals surface area contributed by atoms with E-state index >= 15 is 0 Å². The lowest BCUT2D eigenvalue weighted by Gasteiger charge is -2.16. The van der Waals surface area contributed by atoms with Crippen molar-refractivity contribution in [3.8, 4) is 0 Å². The fourth-order valence-corrected chi connectivity index (χ4v) is 3.94. The summed E-state index contributed by atoms with van der Waals surface area (Å²) in [5, 5.41) is 0. The van der Waals surface area contributed by atoms with Gasteiger partial charge in [-0.2, -0.15) is 0 Å². The molecule has 174 valence electrons. The zero-order chi connectivity index (χ0) is 24.0. The van der Waals surface area contributed by atoms with Gasteiger partial charge in [-0.3, -0.25) is 4.79 Å². The lowest BCUT2D eigenvalue weighted by atomic mass is 9.95. The molecule has 1 saturated carbocycles. The van der Waals surface area contributed by atoms with Crippen LogP contribution in [0.25, 0.3) is 0 Å². The lowest BCUT2D eigenvalue weighted by molar-refractivity contribution is -0.147. The monoisotopic (exact) mass is 454 g/mol. The number of carbonyl (C=O) groups excluding carboxylic acids is 1. The van der Waals surface area contributed by atoms with Gasteiger partial charge in [0.05, 0.1) is 23.7 Å². The Morgan fingerprint density at radius 2 is 1.44 bits per heavy atom. The Morgan fingerprint density at radius 1 is 0.969 bits per heavy atom. The van der Waals surface area contributed by atoms with Crippen molar-refractivity contribution in [1.82, 2.24) is 9.97 Å². The Labute approximate surface area is 184 Å².